The Kier molecular flexibility index (Phi) is 6.36. The van der Waals surface area contributed by atoms with Crippen LogP contribution in [0.4, 0.5) is 10.2 Å². The lowest BCUT2D eigenvalue weighted by Gasteiger charge is -2.39. The van der Waals surface area contributed by atoms with Crippen molar-refractivity contribution in [1.82, 2.24) is 25.5 Å². The van der Waals surface area contributed by atoms with E-state index in [0.717, 1.165) is 30.2 Å². The smallest absolute Gasteiger partial charge is 0.220 e. The molecule has 0 aliphatic carbocycles. The molecule has 3 aromatic heterocycles. The summed E-state index contributed by atoms with van der Waals surface area (Å²) in [6.45, 7) is 3.13. The minimum Gasteiger partial charge on any atom is -0.486 e. The van der Waals surface area contributed by atoms with E-state index in [2.05, 4.69) is 25.5 Å². The molecule has 6 rings (SSSR count). The summed E-state index contributed by atoms with van der Waals surface area (Å²) < 4.78 is 21.4. The molecule has 1 spiro atoms. The van der Waals surface area contributed by atoms with Gasteiger partial charge in [-0.15, -0.1) is 0 Å². The van der Waals surface area contributed by atoms with Crippen molar-refractivity contribution in [2.24, 2.45) is 0 Å². The number of piperidine rings is 1. The van der Waals surface area contributed by atoms with E-state index in [1.165, 1.54) is 18.5 Å². The Morgan fingerprint density at radius 2 is 1.87 bits per heavy atom. The van der Waals surface area contributed by atoms with Crippen molar-refractivity contribution < 1.29 is 13.9 Å². The zero-order valence-electron chi connectivity index (χ0n) is 20.6. The van der Waals surface area contributed by atoms with E-state index in [1.54, 1.807) is 6.20 Å². The molecular weight excluding hydrogens is 530 g/mol. The van der Waals surface area contributed by atoms with Gasteiger partial charge in [0, 0.05) is 60.2 Å². The number of hydrogen-bond acceptors (Lipinski definition) is 6. The van der Waals surface area contributed by atoms with Crippen LogP contribution in [0.15, 0.2) is 42.9 Å². The van der Waals surface area contributed by atoms with Crippen molar-refractivity contribution in [3.05, 3.63) is 64.3 Å². The summed E-state index contributed by atoms with van der Waals surface area (Å²) in [5.74, 6) is 0.596. The number of aromatic amines is 1. The maximum atomic E-state index is 15.3. The second-order valence-corrected chi connectivity index (χ2v) is 10.7. The van der Waals surface area contributed by atoms with Gasteiger partial charge in [-0.2, -0.15) is 5.10 Å². The van der Waals surface area contributed by atoms with E-state index in [-0.39, 0.29) is 11.4 Å². The van der Waals surface area contributed by atoms with Crippen molar-refractivity contribution in [2.45, 2.75) is 44.2 Å². The number of ether oxygens (including phenoxy) is 1. The highest BCUT2D eigenvalue weighted by Crippen LogP contribution is 2.37. The van der Waals surface area contributed by atoms with Crippen LogP contribution in [0.2, 0.25) is 10.0 Å². The highest BCUT2D eigenvalue weighted by Gasteiger charge is 2.40. The van der Waals surface area contributed by atoms with E-state index >= 15 is 4.39 Å². The van der Waals surface area contributed by atoms with Crippen LogP contribution in [0.25, 0.3) is 22.2 Å². The lowest BCUT2D eigenvalue weighted by Crippen LogP contribution is -2.51. The van der Waals surface area contributed by atoms with Gasteiger partial charge in [-0.1, -0.05) is 23.2 Å². The van der Waals surface area contributed by atoms with E-state index in [4.69, 9.17) is 27.9 Å². The SMILES string of the molecule is C[C@@H](Oc1ccc2[nH]nc(-c3cnc(N4CCC5(CCC(=O)N5)CC4)c(F)c3)c2c1)c1c(Cl)cncc1Cl. The van der Waals surface area contributed by atoms with Gasteiger partial charge in [0.1, 0.15) is 17.5 Å². The Morgan fingerprint density at radius 3 is 2.55 bits per heavy atom. The van der Waals surface area contributed by atoms with Crippen molar-refractivity contribution in [3.63, 3.8) is 0 Å². The van der Waals surface area contributed by atoms with Crippen LogP contribution in [0, 0.1) is 5.82 Å². The number of anilines is 1. The van der Waals surface area contributed by atoms with E-state index in [0.29, 0.717) is 57.9 Å². The minimum absolute atomic E-state index is 0.103. The molecule has 11 heteroatoms. The molecule has 196 valence electrons. The van der Waals surface area contributed by atoms with Crippen LogP contribution < -0.4 is 15.0 Å². The number of hydrogen-bond donors (Lipinski definition) is 2. The number of aromatic nitrogens is 4. The van der Waals surface area contributed by atoms with Crippen LogP contribution in [-0.4, -0.2) is 44.7 Å². The summed E-state index contributed by atoms with van der Waals surface area (Å²) in [4.78, 5) is 22.1. The fourth-order valence-corrected chi connectivity index (χ4v) is 6.12. The lowest BCUT2D eigenvalue weighted by atomic mass is 9.86. The lowest BCUT2D eigenvalue weighted by molar-refractivity contribution is -0.119. The second-order valence-electron chi connectivity index (χ2n) is 9.90. The standard InChI is InChI=1S/C27H25Cl2FN6O2/c1-15(24-19(28)13-31-14-20(24)29)38-17-2-3-22-18(11-17)25(35-34-22)16-10-21(30)26(32-12-16)36-8-6-27(7-9-36)5-4-23(37)33-27/h2-3,10-15H,4-9H2,1H3,(H,33,37)(H,34,35)/t15-/m1/s1. The number of carbonyl (C=O) groups excluding carboxylic acids is 1. The third kappa shape index (κ3) is 4.54. The van der Waals surface area contributed by atoms with Crippen molar-refractivity contribution in [2.75, 3.05) is 18.0 Å². The molecule has 2 aliphatic rings. The predicted molar refractivity (Wildman–Crippen MR) is 144 cm³/mol. The van der Waals surface area contributed by atoms with Crippen molar-refractivity contribution in [3.8, 4) is 17.0 Å². The summed E-state index contributed by atoms with van der Waals surface area (Å²) in [5, 5.41) is 12.1. The quantitative estimate of drug-likeness (QED) is 0.321. The first kappa shape index (κ1) is 24.9. The van der Waals surface area contributed by atoms with Gasteiger partial charge in [-0.3, -0.25) is 14.9 Å². The third-order valence-electron chi connectivity index (χ3n) is 7.49. The van der Waals surface area contributed by atoms with E-state index in [9.17, 15) is 4.79 Å². The number of nitrogens with zero attached hydrogens (tertiary/aromatic N) is 4. The average Bonchev–Trinajstić information content (AvgIpc) is 3.47. The second kappa shape index (κ2) is 9.71. The summed E-state index contributed by atoms with van der Waals surface area (Å²) in [6.07, 6.45) is 7.24. The Morgan fingerprint density at radius 1 is 1.11 bits per heavy atom. The number of H-pyrrole nitrogens is 1. The van der Waals surface area contributed by atoms with Gasteiger partial charge in [-0.05, 0) is 50.5 Å². The highest BCUT2D eigenvalue weighted by molar-refractivity contribution is 6.35. The number of fused-ring (bicyclic) bond motifs is 1. The third-order valence-corrected chi connectivity index (χ3v) is 8.10. The fourth-order valence-electron chi connectivity index (χ4n) is 5.45. The number of amides is 1. The summed E-state index contributed by atoms with van der Waals surface area (Å²) in [6, 6.07) is 6.99. The molecular formula is C27H25Cl2FN6O2. The Hall–Kier alpha value is -3.43. The Balaban J connectivity index is 1.23. The summed E-state index contributed by atoms with van der Waals surface area (Å²) >= 11 is 12.6. The van der Waals surface area contributed by atoms with Crippen LogP contribution >= 0.6 is 23.2 Å². The van der Waals surface area contributed by atoms with Crippen LogP contribution in [0.5, 0.6) is 5.75 Å². The van der Waals surface area contributed by atoms with Gasteiger partial charge in [0.2, 0.25) is 5.91 Å². The largest absolute Gasteiger partial charge is 0.486 e. The molecule has 2 fully saturated rings. The summed E-state index contributed by atoms with van der Waals surface area (Å²) in [5.41, 5.74) is 2.41. The first-order chi connectivity index (χ1) is 18.3. The average molecular weight is 555 g/mol. The van der Waals surface area contributed by atoms with Gasteiger partial charge in [-0.25, -0.2) is 9.37 Å². The molecule has 1 atom stereocenters. The molecule has 0 radical (unpaired) electrons. The highest BCUT2D eigenvalue weighted by atomic mass is 35.5. The van der Waals surface area contributed by atoms with Gasteiger partial charge < -0.3 is 15.0 Å². The molecule has 0 saturated carbocycles. The molecule has 0 unspecified atom stereocenters. The van der Waals surface area contributed by atoms with Crippen LogP contribution in [-0.2, 0) is 4.79 Å². The van der Waals surface area contributed by atoms with Gasteiger partial charge in [0.05, 0.1) is 15.6 Å². The molecule has 2 aliphatic heterocycles. The first-order valence-electron chi connectivity index (χ1n) is 12.5. The molecule has 2 N–H and O–H groups in total. The number of rotatable bonds is 5. The molecule has 38 heavy (non-hydrogen) atoms. The van der Waals surface area contributed by atoms with Gasteiger partial charge in [0.15, 0.2) is 11.6 Å². The topological polar surface area (TPSA) is 96.0 Å². The first-order valence-corrected chi connectivity index (χ1v) is 13.2. The number of pyridine rings is 2. The van der Waals surface area contributed by atoms with E-state index in [1.807, 2.05) is 30.0 Å². The number of carbonyl (C=O) groups is 1. The Labute approximate surface area is 228 Å². The zero-order valence-corrected chi connectivity index (χ0v) is 22.1. The number of halogens is 3. The van der Waals surface area contributed by atoms with E-state index < -0.39 is 11.9 Å². The van der Waals surface area contributed by atoms with Crippen molar-refractivity contribution in [1.29, 1.82) is 0 Å². The minimum atomic E-state index is -0.426. The van der Waals surface area contributed by atoms with Crippen molar-refractivity contribution >= 4 is 45.8 Å². The normalized spacial score (nSPS) is 17.7. The molecule has 1 amide bonds. The van der Waals surface area contributed by atoms with Gasteiger partial charge >= 0.3 is 0 Å². The fraction of sp³-hybridized carbons (Fsp3) is 0.333. The number of nitrogens with one attached hydrogen (secondary N) is 2. The molecule has 1 aromatic carbocycles. The van der Waals surface area contributed by atoms with Gasteiger partial charge in [0.25, 0.3) is 0 Å². The Bertz CT molecular complexity index is 1520. The van der Waals surface area contributed by atoms with Crippen LogP contribution in [0.3, 0.4) is 0 Å². The molecule has 4 aromatic rings. The monoisotopic (exact) mass is 554 g/mol. The molecule has 0 bridgehead atoms. The zero-order chi connectivity index (χ0) is 26.4. The maximum absolute atomic E-state index is 15.3. The maximum Gasteiger partial charge on any atom is 0.220 e. The summed E-state index contributed by atoms with van der Waals surface area (Å²) in [7, 11) is 0. The number of benzene rings is 1. The predicted octanol–water partition coefficient (Wildman–Crippen LogP) is 5.85. The molecule has 8 nitrogen and oxygen atoms in total. The molecule has 5 heterocycles. The molecule has 2 saturated heterocycles. The van der Waals surface area contributed by atoms with Crippen LogP contribution in [0.1, 0.15) is 44.3 Å².